The molecule has 1 aromatic rings. The quantitative estimate of drug-likeness (QED) is 0.724. The van der Waals surface area contributed by atoms with Crippen molar-refractivity contribution in [3.8, 4) is 0 Å². The Labute approximate surface area is 105 Å². The highest BCUT2D eigenvalue weighted by Gasteiger charge is 2.05. The van der Waals surface area contributed by atoms with Crippen molar-refractivity contribution in [2.24, 2.45) is 0 Å². The summed E-state index contributed by atoms with van der Waals surface area (Å²) in [6, 6.07) is 9.00. The average molecular weight is 232 g/mol. The molecule has 0 bridgehead atoms. The standard InChI is InChI=1S/C15H24N2/c1-5-6-9-13(2)16-15-11-8-7-10-14(15)12-17(3)4/h5,7-8,10-11,13,16H,1,6,9,12H2,2-4H3. The van der Waals surface area contributed by atoms with Gasteiger partial charge in [0.15, 0.2) is 0 Å². The predicted octanol–water partition coefficient (Wildman–Crippen LogP) is 3.51. The molecular weight excluding hydrogens is 208 g/mol. The summed E-state index contributed by atoms with van der Waals surface area (Å²) in [5.41, 5.74) is 2.60. The van der Waals surface area contributed by atoms with Crippen LogP contribution in [0.4, 0.5) is 5.69 Å². The molecule has 1 N–H and O–H groups in total. The number of allylic oxidation sites excluding steroid dienone is 1. The van der Waals surface area contributed by atoms with Crippen LogP contribution in [0.15, 0.2) is 36.9 Å². The maximum Gasteiger partial charge on any atom is 0.0387 e. The molecule has 1 unspecified atom stereocenters. The van der Waals surface area contributed by atoms with Gasteiger partial charge in [-0.25, -0.2) is 0 Å². The third-order valence-electron chi connectivity index (χ3n) is 2.71. The SMILES string of the molecule is C=CCCC(C)Nc1ccccc1CN(C)C. The zero-order valence-corrected chi connectivity index (χ0v) is 11.2. The second-order valence-corrected chi connectivity index (χ2v) is 4.81. The number of para-hydroxylation sites is 1. The van der Waals surface area contributed by atoms with E-state index in [1.54, 1.807) is 0 Å². The van der Waals surface area contributed by atoms with Crippen LogP contribution in [0.5, 0.6) is 0 Å². The Kier molecular flexibility index (Phi) is 5.78. The van der Waals surface area contributed by atoms with E-state index >= 15 is 0 Å². The largest absolute Gasteiger partial charge is 0.382 e. The van der Waals surface area contributed by atoms with E-state index < -0.39 is 0 Å². The summed E-state index contributed by atoms with van der Waals surface area (Å²) >= 11 is 0. The van der Waals surface area contributed by atoms with Crippen molar-refractivity contribution in [1.82, 2.24) is 4.90 Å². The molecule has 0 saturated carbocycles. The molecule has 0 fully saturated rings. The van der Waals surface area contributed by atoms with Gasteiger partial charge in [-0.15, -0.1) is 6.58 Å². The van der Waals surface area contributed by atoms with Crippen molar-refractivity contribution in [3.05, 3.63) is 42.5 Å². The Morgan fingerprint density at radius 3 is 2.71 bits per heavy atom. The molecule has 1 atom stereocenters. The van der Waals surface area contributed by atoms with Crippen LogP contribution in [-0.4, -0.2) is 25.0 Å². The smallest absolute Gasteiger partial charge is 0.0387 e. The molecular formula is C15H24N2. The second kappa shape index (κ2) is 7.13. The van der Waals surface area contributed by atoms with E-state index in [1.807, 2.05) is 6.08 Å². The summed E-state index contributed by atoms with van der Waals surface area (Å²) < 4.78 is 0. The summed E-state index contributed by atoms with van der Waals surface area (Å²) in [6.07, 6.45) is 4.16. The first-order valence-corrected chi connectivity index (χ1v) is 6.23. The van der Waals surface area contributed by atoms with Crippen LogP contribution in [0.2, 0.25) is 0 Å². The van der Waals surface area contributed by atoms with Gasteiger partial charge in [0.1, 0.15) is 0 Å². The van der Waals surface area contributed by atoms with Crippen LogP contribution in [0.3, 0.4) is 0 Å². The van der Waals surface area contributed by atoms with Crippen molar-refractivity contribution in [1.29, 1.82) is 0 Å². The third kappa shape index (κ3) is 5.05. The number of benzene rings is 1. The molecule has 1 aromatic carbocycles. The van der Waals surface area contributed by atoms with Crippen molar-refractivity contribution < 1.29 is 0 Å². The molecule has 1 rings (SSSR count). The van der Waals surface area contributed by atoms with Gasteiger partial charge in [0.2, 0.25) is 0 Å². The molecule has 2 heteroatoms. The molecule has 0 heterocycles. The van der Waals surface area contributed by atoms with Crippen LogP contribution in [0.25, 0.3) is 0 Å². The number of nitrogens with zero attached hydrogens (tertiary/aromatic N) is 1. The molecule has 0 aliphatic rings. The van der Waals surface area contributed by atoms with Crippen LogP contribution >= 0.6 is 0 Å². The zero-order valence-electron chi connectivity index (χ0n) is 11.2. The summed E-state index contributed by atoms with van der Waals surface area (Å²) in [5.74, 6) is 0. The van der Waals surface area contributed by atoms with Crippen molar-refractivity contribution in [2.45, 2.75) is 32.4 Å². The fraction of sp³-hybridized carbons (Fsp3) is 0.467. The van der Waals surface area contributed by atoms with E-state index in [0.717, 1.165) is 19.4 Å². The number of hydrogen-bond donors (Lipinski definition) is 1. The minimum Gasteiger partial charge on any atom is -0.382 e. The van der Waals surface area contributed by atoms with E-state index in [-0.39, 0.29) is 0 Å². The zero-order chi connectivity index (χ0) is 12.7. The van der Waals surface area contributed by atoms with Crippen LogP contribution < -0.4 is 5.32 Å². The van der Waals surface area contributed by atoms with Gasteiger partial charge >= 0.3 is 0 Å². The Balaban J connectivity index is 2.65. The first-order chi connectivity index (χ1) is 8.13. The van der Waals surface area contributed by atoms with Crippen LogP contribution in [0.1, 0.15) is 25.3 Å². The molecule has 0 aromatic heterocycles. The molecule has 0 spiro atoms. The van der Waals surface area contributed by atoms with Crippen molar-refractivity contribution >= 4 is 5.69 Å². The molecule has 0 amide bonds. The molecule has 2 nitrogen and oxygen atoms in total. The monoisotopic (exact) mass is 232 g/mol. The minimum atomic E-state index is 0.483. The normalized spacial score (nSPS) is 12.5. The van der Waals surface area contributed by atoms with Gasteiger partial charge in [0, 0.05) is 18.3 Å². The third-order valence-corrected chi connectivity index (χ3v) is 2.71. The lowest BCUT2D eigenvalue weighted by molar-refractivity contribution is 0.403. The van der Waals surface area contributed by atoms with E-state index in [0.29, 0.717) is 6.04 Å². The van der Waals surface area contributed by atoms with Crippen LogP contribution in [-0.2, 0) is 6.54 Å². The van der Waals surface area contributed by atoms with Gasteiger partial charge in [0.05, 0.1) is 0 Å². The van der Waals surface area contributed by atoms with Crippen LogP contribution in [0, 0.1) is 0 Å². The Morgan fingerprint density at radius 2 is 2.06 bits per heavy atom. The van der Waals surface area contributed by atoms with Gasteiger partial charge < -0.3 is 10.2 Å². The fourth-order valence-corrected chi connectivity index (χ4v) is 1.85. The maximum atomic E-state index is 3.76. The highest BCUT2D eigenvalue weighted by Crippen LogP contribution is 2.18. The van der Waals surface area contributed by atoms with E-state index in [1.165, 1.54) is 11.3 Å². The summed E-state index contributed by atoms with van der Waals surface area (Å²) in [5, 5.41) is 3.58. The minimum absolute atomic E-state index is 0.483. The lowest BCUT2D eigenvalue weighted by Crippen LogP contribution is -2.18. The molecule has 0 aliphatic carbocycles. The van der Waals surface area contributed by atoms with Gasteiger partial charge in [-0.05, 0) is 45.5 Å². The van der Waals surface area contributed by atoms with E-state index in [4.69, 9.17) is 0 Å². The lowest BCUT2D eigenvalue weighted by atomic mass is 10.1. The summed E-state index contributed by atoms with van der Waals surface area (Å²) in [6.45, 7) is 6.95. The number of nitrogens with one attached hydrogen (secondary N) is 1. The molecule has 17 heavy (non-hydrogen) atoms. The number of rotatable bonds is 7. The first-order valence-electron chi connectivity index (χ1n) is 6.23. The van der Waals surface area contributed by atoms with Gasteiger partial charge in [-0.3, -0.25) is 0 Å². The maximum absolute atomic E-state index is 3.76. The molecule has 0 aliphatic heterocycles. The van der Waals surface area contributed by atoms with Crippen molar-refractivity contribution in [2.75, 3.05) is 19.4 Å². The Hall–Kier alpha value is -1.28. The average Bonchev–Trinajstić information content (AvgIpc) is 2.28. The van der Waals surface area contributed by atoms with Gasteiger partial charge in [-0.2, -0.15) is 0 Å². The Bertz CT molecular complexity index is 345. The van der Waals surface area contributed by atoms with Gasteiger partial charge in [0.25, 0.3) is 0 Å². The second-order valence-electron chi connectivity index (χ2n) is 4.81. The summed E-state index contributed by atoms with van der Waals surface area (Å²) in [7, 11) is 4.19. The van der Waals surface area contributed by atoms with E-state index in [9.17, 15) is 0 Å². The summed E-state index contributed by atoms with van der Waals surface area (Å²) in [4.78, 5) is 2.19. The fourth-order valence-electron chi connectivity index (χ4n) is 1.85. The van der Waals surface area contributed by atoms with Gasteiger partial charge in [-0.1, -0.05) is 24.3 Å². The molecule has 94 valence electrons. The van der Waals surface area contributed by atoms with E-state index in [2.05, 4.69) is 62.1 Å². The number of anilines is 1. The molecule has 0 radical (unpaired) electrons. The topological polar surface area (TPSA) is 15.3 Å². The van der Waals surface area contributed by atoms with Crippen molar-refractivity contribution in [3.63, 3.8) is 0 Å². The lowest BCUT2D eigenvalue weighted by Gasteiger charge is -2.19. The predicted molar refractivity (Wildman–Crippen MR) is 76.3 cm³/mol. The highest BCUT2D eigenvalue weighted by atomic mass is 15.1. The molecule has 0 saturated heterocycles. The Morgan fingerprint density at radius 1 is 1.35 bits per heavy atom. The first kappa shape index (κ1) is 13.8. The number of hydrogen-bond acceptors (Lipinski definition) is 2. The highest BCUT2D eigenvalue weighted by molar-refractivity contribution is 5.51.